The molecule has 0 unspecified atom stereocenters. The van der Waals surface area contributed by atoms with E-state index in [2.05, 4.69) is 15.6 Å². The molecule has 7 nitrogen and oxygen atoms in total. The number of amides is 3. The lowest BCUT2D eigenvalue weighted by Gasteiger charge is -2.29. The van der Waals surface area contributed by atoms with E-state index in [0.29, 0.717) is 5.41 Å². The van der Waals surface area contributed by atoms with Crippen LogP contribution in [0.4, 0.5) is 32.6 Å². The van der Waals surface area contributed by atoms with Crippen molar-refractivity contribution in [2.45, 2.75) is 62.7 Å². The van der Waals surface area contributed by atoms with Crippen molar-refractivity contribution in [3.8, 4) is 5.75 Å². The summed E-state index contributed by atoms with van der Waals surface area (Å²) >= 11 is 0. The molecule has 5 rings (SSSR count). The fourth-order valence-corrected chi connectivity index (χ4v) is 5.63. The first-order chi connectivity index (χ1) is 18.0. The van der Waals surface area contributed by atoms with E-state index in [1.165, 1.54) is 20.0 Å². The molecule has 3 amide bonds. The zero-order chi connectivity index (χ0) is 27.2. The second kappa shape index (κ2) is 9.70. The molecule has 0 bridgehead atoms. The minimum Gasteiger partial charge on any atom is -0.497 e. The topological polar surface area (TPSA) is 83.6 Å². The molecule has 1 saturated heterocycles. The molecule has 1 aromatic carbocycles. The highest BCUT2D eigenvalue weighted by atomic mass is 19.4. The monoisotopic (exact) mass is 538 g/mol. The standard InChI is InChI=1S/C26H27F5N4O3/c1-38-15-11-18(27)20(19(28)12-15)16-13-35(22-17(26(29,30)31)3-2-10-32-22)23(36)21(16)34-24(37)33-14-4-6-25(7-5-14)8-9-25/h2-3,10-12,14,16,21H,4-9,13H2,1H3,(H2,33,34,37)/t16-,21-/m0/s1. The summed E-state index contributed by atoms with van der Waals surface area (Å²) in [6, 6.07) is 1.29. The predicted molar refractivity (Wildman–Crippen MR) is 127 cm³/mol. The van der Waals surface area contributed by atoms with Crippen molar-refractivity contribution < 1.29 is 36.3 Å². The van der Waals surface area contributed by atoms with E-state index in [1.54, 1.807) is 0 Å². The first kappa shape index (κ1) is 26.2. The van der Waals surface area contributed by atoms with Crippen LogP contribution in [0.2, 0.25) is 0 Å². The van der Waals surface area contributed by atoms with Crippen LogP contribution < -0.4 is 20.3 Å². The molecule has 2 atom stereocenters. The van der Waals surface area contributed by atoms with Gasteiger partial charge in [-0.2, -0.15) is 13.2 Å². The van der Waals surface area contributed by atoms with Crippen molar-refractivity contribution in [3.63, 3.8) is 0 Å². The zero-order valence-corrected chi connectivity index (χ0v) is 20.6. The summed E-state index contributed by atoms with van der Waals surface area (Å²) in [6.45, 7) is -0.532. The van der Waals surface area contributed by atoms with Gasteiger partial charge in [0, 0.05) is 42.4 Å². The smallest absolute Gasteiger partial charge is 0.419 e. The van der Waals surface area contributed by atoms with Crippen molar-refractivity contribution in [3.05, 3.63) is 53.2 Å². The van der Waals surface area contributed by atoms with Gasteiger partial charge in [0.2, 0.25) is 0 Å². The Morgan fingerprint density at radius 2 is 1.76 bits per heavy atom. The van der Waals surface area contributed by atoms with E-state index < -0.39 is 65.2 Å². The molecule has 1 spiro atoms. The number of hydrogen-bond acceptors (Lipinski definition) is 4. The van der Waals surface area contributed by atoms with Gasteiger partial charge in [-0.3, -0.25) is 9.69 Å². The quantitative estimate of drug-likeness (QED) is 0.530. The van der Waals surface area contributed by atoms with Gasteiger partial charge in [0.05, 0.1) is 12.7 Å². The van der Waals surface area contributed by atoms with Crippen molar-refractivity contribution in [1.29, 1.82) is 0 Å². The highest BCUT2D eigenvalue weighted by Crippen LogP contribution is 2.56. The number of aromatic nitrogens is 1. The number of methoxy groups -OCH3 is 1. The van der Waals surface area contributed by atoms with Crippen LogP contribution in [0.25, 0.3) is 0 Å². The average Bonchev–Trinajstić information content (AvgIpc) is 3.56. The van der Waals surface area contributed by atoms with Gasteiger partial charge >= 0.3 is 12.2 Å². The summed E-state index contributed by atoms with van der Waals surface area (Å²) in [6.07, 6.45) is 2.14. The fraction of sp³-hybridized carbons (Fsp3) is 0.500. The Morgan fingerprint density at radius 3 is 2.34 bits per heavy atom. The number of halogens is 5. The van der Waals surface area contributed by atoms with E-state index in [-0.39, 0.29) is 11.8 Å². The summed E-state index contributed by atoms with van der Waals surface area (Å²) in [5.74, 6) is -5.19. The number of rotatable bonds is 5. The Hall–Kier alpha value is -3.44. The Morgan fingerprint density at radius 1 is 1.11 bits per heavy atom. The number of alkyl halides is 3. The summed E-state index contributed by atoms with van der Waals surface area (Å²) < 4.78 is 76.1. The SMILES string of the molecule is COc1cc(F)c([C@@H]2CN(c3ncccc3C(F)(F)F)C(=O)[C@H]2NC(=O)NC2CCC3(CC2)CC3)c(F)c1. The molecule has 2 saturated carbocycles. The number of carbonyl (C=O) groups is 2. The summed E-state index contributed by atoms with van der Waals surface area (Å²) in [7, 11) is 1.22. The average molecular weight is 539 g/mol. The number of urea groups is 1. The molecule has 1 aromatic heterocycles. The third kappa shape index (κ3) is 5.00. The molecule has 0 radical (unpaired) electrons. The number of pyridine rings is 1. The lowest BCUT2D eigenvalue weighted by atomic mass is 9.83. The van der Waals surface area contributed by atoms with Gasteiger partial charge in [0.25, 0.3) is 5.91 Å². The summed E-state index contributed by atoms with van der Waals surface area (Å²) in [5.41, 5.74) is -1.32. The number of ether oxygens (including phenoxy) is 1. The van der Waals surface area contributed by atoms with E-state index in [9.17, 15) is 22.8 Å². The van der Waals surface area contributed by atoms with Crippen molar-refractivity contribution >= 4 is 17.8 Å². The number of carbonyl (C=O) groups excluding carboxylic acids is 2. The lowest BCUT2D eigenvalue weighted by molar-refractivity contribution is -0.137. The Labute approximate surface area is 215 Å². The van der Waals surface area contributed by atoms with Crippen molar-refractivity contribution in [2.24, 2.45) is 5.41 Å². The Kier molecular flexibility index (Phi) is 6.68. The fourth-order valence-electron chi connectivity index (χ4n) is 5.63. The molecule has 3 fully saturated rings. The lowest BCUT2D eigenvalue weighted by Crippen LogP contribution is -2.51. The maximum absolute atomic E-state index is 15.1. The normalized spacial score (nSPS) is 23.0. The van der Waals surface area contributed by atoms with Crippen LogP contribution in [0.1, 0.15) is 55.6 Å². The number of hydrogen-bond donors (Lipinski definition) is 2. The van der Waals surface area contributed by atoms with E-state index in [4.69, 9.17) is 4.74 Å². The highest BCUT2D eigenvalue weighted by molar-refractivity contribution is 6.02. The van der Waals surface area contributed by atoms with Crippen LogP contribution in [0, 0.1) is 17.0 Å². The molecular weight excluding hydrogens is 511 g/mol. The summed E-state index contributed by atoms with van der Waals surface area (Å²) in [5, 5.41) is 5.30. The van der Waals surface area contributed by atoms with Crippen LogP contribution in [0.3, 0.4) is 0 Å². The number of anilines is 1. The first-order valence-electron chi connectivity index (χ1n) is 12.4. The maximum Gasteiger partial charge on any atom is 0.419 e. The molecule has 2 heterocycles. The van der Waals surface area contributed by atoms with Crippen LogP contribution >= 0.6 is 0 Å². The Balaban J connectivity index is 1.44. The van der Waals surface area contributed by atoms with Gasteiger partial charge in [-0.05, 0) is 56.1 Å². The largest absolute Gasteiger partial charge is 0.497 e. The van der Waals surface area contributed by atoms with E-state index in [1.807, 2.05) is 0 Å². The van der Waals surface area contributed by atoms with Gasteiger partial charge < -0.3 is 15.4 Å². The highest BCUT2D eigenvalue weighted by Gasteiger charge is 2.49. The molecule has 2 aliphatic carbocycles. The van der Waals surface area contributed by atoms with Crippen LogP contribution in [0.5, 0.6) is 5.75 Å². The van der Waals surface area contributed by atoms with Crippen LogP contribution in [-0.4, -0.2) is 42.7 Å². The molecule has 1 aliphatic heterocycles. The van der Waals surface area contributed by atoms with Gasteiger partial charge in [-0.1, -0.05) is 0 Å². The van der Waals surface area contributed by atoms with Crippen LogP contribution in [0.15, 0.2) is 30.5 Å². The minimum absolute atomic E-state index is 0.109. The van der Waals surface area contributed by atoms with E-state index in [0.717, 1.165) is 61.0 Å². The third-order valence-corrected chi connectivity index (χ3v) is 7.95. The molecule has 3 aliphatic rings. The first-order valence-corrected chi connectivity index (χ1v) is 12.4. The third-order valence-electron chi connectivity index (χ3n) is 7.95. The molecular formula is C26H27F5N4O3. The summed E-state index contributed by atoms with van der Waals surface area (Å²) in [4.78, 5) is 30.8. The van der Waals surface area contributed by atoms with Crippen molar-refractivity contribution in [2.75, 3.05) is 18.6 Å². The molecule has 38 heavy (non-hydrogen) atoms. The predicted octanol–water partition coefficient (Wildman–Crippen LogP) is 4.91. The molecule has 12 heteroatoms. The maximum atomic E-state index is 15.1. The molecule has 2 aromatic rings. The zero-order valence-electron chi connectivity index (χ0n) is 20.6. The number of nitrogens with zero attached hydrogens (tertiary/aromatic N) is 2. The van der Waals surface area contributed by atoms with Gasteiger partial charge in [0.15, 0.2) is 0 Å². The second-order valence-corrected chi connectivity index (χ2v) is 10.3. The molecule has 2 N–H and O–H groups in total. The Bertz CT molecular complexity index is 1220. The number of nitrogens with one attached hydrogen (secondary N) is 2. The minimum atomic E-state index is -4.83. The van der Waals surface area contributed by atoms with Gasteiger partial charge in [0.1, 0.15) is 29.2 Å². The van der Waals surface area contributed by atoms with Gasteiger partial charge in [-0.15, -0.1) is 0 Å². The van der Waals surface area contributed by atoms with E-state index >= 15 is 8.78 Å². The second-order valence-electron chi connectivity index (χ2n) is 10.3. The number of benzene rings is 1. The molecule has 204 valence electrons. The van der Waals surface area contributed by atoms with Gasteiger partial charge in [-0.25, -0.2) is 18.6 Å². The van der Waals surface area contributed by atoms with Crippen molar-refractivity contribution in [1.82, 2.24) is 15.6 Å². The van der Waals surface area contributed by atoms with Crippen LogP contribution in [-0.2, 0) is 11.0 Å².